The van der Waals surface area contributed by atoms with Gasteiger partial charge in [-0.3, -0.25) is 0 Å². The number of hydrogen-bond donors (Lipinski definition) is 0. The lowest BCUT2D eigenvalue weighted by Gasteiger charge is -2.22. The van der Waals surface area contributed by atoms with Crippen molar-refractivity contribution in [3.05, 3.63) is 0 Å². The summed E-state index contributed by atoms with van der Waals surface area (Å²) < 4.78 is 16.4. The van der Waals surface area contributed by atoms with Gasteiger partial charge in [-0.1, -0.05) is 13.8 Å². The number of hydrogen-bond acceptors (Lipinski definition) is 4. The fraction of sp³-hybridized carbons (Fsp3) is 1.00. The molecule has 0 atom stereocenters. The fourth-order valence-electron chi connectivity index (χ4n) is 1.58. The minimum Gasteiger partial charge on any atom is -0.398 e. The lowest BCUT2D eigenvalue weighted by Crippen LogP contribution is -2.37. The molecular weight excluding hydrogens is 234 g/mol. The van der Waals surface area contributed by atoms with Gasteiger partial charge in [0.05, 0.1) is 0 Å². The highest BCUT2D eigenvalue weighted by molar-refractivity contribution is 6.65. The summed E-state index contributed by atoms with van der Waals surface area (Å²) in [5, 5.41) is 0. The van der Waals surface area contributed by atoms with Crippen molar-refractivity contribution in [3.63, 3.8) is 0 Å². The molecule has 0 aliphatic heterocycles. The minimum atomic E-state index is -1.93. The molecule has 0 saturated heterocycles. The van der Waals surface area contributed by atoms with Crippen LogP contribution in [-0.2, 0) is 13.6 Å². The Morgan fingerprint density at radius 3 is 2.06 bits per heavy atom. The summed E-state index contributed by atoms with van der Waals surface area (Å²) in [6.07, 6.45) is 1.10. The molecule has 0 spiro atoms. The summed E-state index contributed by atoms with van der Waals surface area (Å²) in [5.74, 6) is 0. The summed E-state index contributed by atoms with van der Waals surface area (Å²) in [6, 6.07) is 0.894. The number of nitrogens with zero attached hydrogens (tertiary/aromatic N) is 1. The van der Waals surface area contributed by atoms with Crippen LogP contribution in [0.5, 0.6) is 0 Å². The van der Waals surface area contributed by atoms with Gasteiger partial charge in [-0.15, -0.1) is 0 Å². The van der Waals surface area contributed by atoms with Crippen molar-refractivity contribution in [3.8, 4) is 0 Å². The van der Waals surface area contributed by atoms with Gasteiger partial charge < -0.3 is 18.5 Å². The zero-order valence-electron chi connectivity index (χ0n) is 12.1. The molecular formula is C12H29NO3Si. The average molecular weight is 263 g/mol. The molecule has 0 aliphatic rings. The normalized spacial score (nSPS) is 12.4. The Balaban J connectivity index is 3.46. The van der Waals surface area contributed by atoms with Gasteiger partial charge in [0.2, 0.25) is 0 Å². The Labute approximate surface area is 107 Å². The molecule has 0 bridgehead atoms. The fourth-order valence-corrected chi connectivity index (χ4v) is 2.67. The largest absolute Gasteiger partial charge is 0.398 e. The molecule has 0 rings (SSSR count). The third kappa shape index (κ3) is 7.89. The van der Waals surface area contributed by atoms with E-state index in [1.54, 1.807) is 14.2 Å². The third-order valence-corrected chi connectivity index (χ3v) is 6.06. The van der Waals surface area contributed by atoms with Gasteiger partial charge in [0.15, 0.2) is 0 Å². The molecule has 17 heavy (non-hydrogen) atoms. The van der Waals surface area contributed by atoms with Crippen LogP contribution in [0.15, 0.2) is 0 Å². The maximum Gasteiger partial charge on any atom is 0.336 e. The van der Waals surface area contributed by atoms with Crippen molar-refractivity contribution in [2.24, 2.45) is 0 Å². The van der Waals surface area contributed by atoms with Crippen molar-refractivity contribution in [1.82, 2.24) is 4.90 Å². The smallest absolute Gasteiger partial charge is 0.336 e. The van der Waals surface area contributed by atoms with Crippen molar-refractivity contribution < 1.29 is 13.6 Å². The molecule has 0 aliphatic carbocycles. The van der Waals surface area contributed by atoms with Gasteiger partial charge >= 0.3 is 8.56 Å². The third-order valence-electron chi connectivity index (χ3n) is 3.22. The molecule has 0 unspecified atom stereocenters. The topological polar surface area (TPSA) is 30.9 Å². The highest BCUT2D eigenvalue weighted by Gasteiger charge is 2.27. The highest BCUT2D eigenvalue weighted by atomic mass is 28.4. The Morgan fingerprint density at radius 2 is 1.59 bits per heavy atom. The summed E-state index contributed by atoms with van der Waals surface area (Å²) in [5.41, 5.74) is 0. The van der Waals surface area contributed by atoms with Gasteiger partial charge in [-0.05, 0) is 26.1 Å². The first kappa shape index (κ1) is 17.1. The molecule has 0 amide bonds. The lowest BCUT2D eigenvalue weighted by molar-refractivity contribution is 0.124. The van der Waals surface area contributed by atoms with Crippen LogP contribution in [0.2, 0.25) is 12.6 Å². The van der Waals surface area contributed by atoms with Crippen molar-refractivity contribution in [2.75, 3.05) is 47.1 Å². The molecule has 104 valence electrons. The van der Waals surface area contributed by atoms with E-state index in [4.69, 9.17) is 13.6 Å². The van der Waals surface area contributed by atoms with E-state index in [1.807, 2.05) is 0 Å². The first-order valence-electron chi connectivity index (χ1n) is 6.52. The molecule has 4 nitrogen and oxygen atoms in total. The van der Waals surface area contributed by atoms with Gasteiger partial charge in [-0.25, -0.2) is 0 Å². The first-order chi connectivity index (χ1) is 8.11. The zero-order chi connectivity index (χ0) is 13.1. The van der Waals surface area contributed by atoms with Crippen LogP contribution in [0.3, 0.4) is 0 Å². The Hall–Kier alpha value is 0.0569. The summed E-state index contributed by atoms with van der Waals surface area (Å²) in [7, 11) is 1.51. The van der Waals surface area contributed by atoms with E-state index in [0.717, 1.165) is 45.3 Å². The van der Waals surface area contributed by atoms with Crippen molar-refractivity contribution in [2.45, 2.75) is 32.9 Å². The second kappa shape index (κ2) is 10.0. The van der Waals surface area contributed by atoms with E-state index in [2.05, 4.69) is 25.3 Å². The van der Waals surface area contributed by atoms with Crippen LogP contribution < -0.4 is 0 Å². The molecule has 0 aromatic carbocycles. The number of rotatable bonds is 11. The van der Waals surface area contributed by atoms with Crippen molar-refractivity contribution in [1.29, 1.82) is 0 Å². The molecule has 0 saturated carbocycles. The molecule has 0 N–H and O–H groups in total. The standard InChI is InChI=1S/C12H29NO3Si/c1-6-13(7-2)9-8-10-16-11-12-17(5,14-3)15-4/h6-12H2,1-5H3. The Bertz CT molecular complexity index is 173. The average Bonchev–Trinajstić information content (AvgIpc) is 2.37. The highest BCUT2D eigenvalue weighted by Crippen LogP contribution is 2.10. The van der Waals surface area contributed by atoms with E-state index >= 15 is 0 Å². The van der Waals surface area contributed by atoms with Gasteiger partial charge in [0.1, 0.15) is 0 Å². The SMILES string of the molecule is CCN(CC)CCCOCC[Si](C)(OC)OC. The quantitative estimate of drug-likeness (QED) is 0.422. The van der Waals surface area contributed by atoms with E-state index in [9.17, 15) is 0 Å². The summed E-state index contributed by atoms with van der Waals surface area (Å²) >= 11 is 0. The van der Waals surface area contributed by atoms with Crippen molar-refractivity contribution >= 4 is 8.56 Å². The predicted molar refractivity (Wildman–Crippen MR) is 73.7 cm³/mol. The van der Waals surface area contributed by atoms with E-state index in [1.165, 1.54) is 0 Å². The minimum absolute atomic E-state index is 0.739. The van der Waals surface area contributed by atoms with Gasteiger partial charge in [0.25, 0.3) is 0 Å². The van der Waals surface area contributed by atoms with Crippen LogP contribution in [0, 0.1) is 0 Å². The maximum absolute atomic E-state index is 5.62. The molecule has 0 heterocycles. The van der Waals surface area contributed by atoms with E-state index in [0.29, 0.717) is 0 Å². The number of ether oxygens (including phenoxy) is 1. The first-order valence-corrected chi connectivity index (χ1v) is 9.04. The zero-order valence-corrected chi connectivity index (χ0v) is 13.1. The van der Waals surface area contributed by atoms with Crippen LogP contribution in [0.25, 0.3) is 0 Å². The molecule has 0 aromatic rings. The van der Waals surface area contributed by atoms with Crippen LogP contribution in [0.1, 0.15) is 20.3 Å². The molecule has 5 heteroatoms. The van der Waals surface area contributed by atoms with Crippen LogP contribution >= 0.6 is 0 Å². The van der Waals surface area contributed by atoms with Gasteiger partial charge in [0, 0.05) is 40.0 Å². The summed E-state index contributed by atoms with van der Waals surface area (Å²) in [6.45, 7) is 11.4. The second-order valence-electron chi connectivity index (χ2n) is 4.28. The van der Waals surface area contributed by atoms with Crippen LogP contribution in [0.4, 0.5) is 0 Å². The maximum atomic E-state index is 5.62. The lowest BCUT2D eigenvalue weighted by atomic mass is 10.4. The Morgan fingerprint density at radius 1 is 1.00 bits per heavy atom. The van der Waals surface area contributed by atoms with Gasteiger partial charge in [-0.2, -0.15) is 0 Å². The second-order valence-corrected chi connectivity index (χ2v) is 7.87. The molecule has 0 aromatic heterocycles. The molecule has 0 radical (unpaired) electrons. The molecule has 0 fully saturated rings. The monoisotopic (exact) mass is 263 g/mol. The van der Waals surface area contributed by atoms with E-state index in [-0.39, 0.29) is 0 Å². The Kier molecular flexibility index (Phi) is 10.1. The van der Waals surface area contributed by atoms with Crippen LogP contribution in [-0.4, -0.2) is 60.5 Å². The predicted octanol–water partition coefficient (Wildman–Crippen LogP) is 2.10. The van der Waals surface area contributed by atoms with E-state index < -0.39 is 8.56 Å². The summed E-state index contributed by atoms with van der Waals surface area (Å²) in [4.78, 5) is 2.41.